The first-order chi connectivity index (χ1) is 16.5. The SMILES string of the molecule is C=NC(N)=N/C=C(\C)C(=O)Nc1nc2c3c(ccc2c(=O)n1CC)OCCCCCCCCO3. The average Bonchev–Trinajstić information content (AvgIpc) is 2.82. The summed E-state index contributed by atoms with van der Waals surface area (Å²) in [5.74, 6) is 0.543. The summed E-state index contributed by atoms with van der Waals surface area (Å²) >= 11 is 0. The Morgan fingerprint density at radius 1 is 1.21 bits per heavy atom. The summed E-state index contributed by atoms with van der Waals surface area (Å²) in [4.78, 5) is 37.9. The van der Waals surface area contributed by atoms with E-state index in [2.05, 4.69) is 27.0 Å². The number of fused-ring (bicyclic) bond motifs is 3. The van der Waals surface area contributed by atoms with Crippen LogP contribution in [0.3, 0.4) is 0 Å². The molecule has 3 rings (SSSR count). The van der Waals surface area contributed by atoms with Crippen LogP contribution in [0.1, 0.15) is 52.4 Å². The number of carbonyl (C=O) groups excluding carboxylic acids is 1. The van der Waals surface area contributed by atoms with Gasteiger partial charge in [-0.05, 0) is 45.5 Å². The Bertz CT molecular complexity index is 1170. The highest BCUT2D eigenvalue weighted by Gasteiger charge is 2.19. The van der Waals surface area contributed by atoms with Crippen molar-refractivity contribution in [1.29, 1.82) is 0 Å². The molecule has 10 nitrogen and oxygen atoms in total. The number of guanidine groups is 1. The number of aliphatic imine (C=N–C) groups is 2. The van der Waals surface area contributed by atoms with E-state index >= 15 is 0 Å². The Morgan fingerprint density at radius 3 is 2.56 bits per heavy atom. The lowest BCUT2D eigenvalue weighted by Crippen LogP contribution is -2.27. The van der Waals surface area contributed by atoms with E-state index in [-0.39, 0.29) is 23.0 Å². The van der Waals surface area contributed by atoms with Gasteiger partial charge in [0.25, 0.3) is 11.5 Å². The van der Waals surface area contributed by atoms with E-state index in [1.165, 1.54) is 17.2 Å². The van der Waals surface area contributed by atoms with Crippen LogP contribution in [0.2, 0.25) is 0 Å². The van der Waals surface area contributed by atoms with E-state index < -0.39 is 5.91 Å². The van der Waals surface area contributed by atoms with Crippen LogP contribution in [0, 0.1) is 0 Å². The van der Waals surface area contributed by atoms with Gasteiger partial charge in [-0.1, -0.05) is 25.7 Å². The van der Waals surface area contributed by atoms with Crippen LogP contribution in [0.15, 0.2) is 38.7 Å². The van der Waals surface area contributed by atoms with E-state index in [4.69, 9.17) is 15.2 Å². The van der Waals surface area contributed by atoms with Crippen molar-refractivity contribution in [3.63, 3.8) is 0 Å². The quantitative estimate of drug-likeness (QED) is 0.401. The molecule has 0 saturated carbocycles. The second-order valence-electron chi connectivity index (χ2n) is 8.00. The monoisotopic (exact) mass is 468 g/mol. The molecule has 0 saturated heterocycles. The predicted molar refractivity (Wildman–Crippen MR) is 134 cm³/mol. The third-order valence-electron chi connectivity index (χ3n) is 5.54. The van der Waals surface area contributed by atoms with Crippen molar-refractivity contribution in [3.05, 3.63) is 34.3 Å². The number of nitrogens with two attached hydrogens (primary N) is 1. The number of nitrogens with zero attached hydrogens (tertiary/aromatic N) is 4. The van der Waals surface area contributed by atoms with E-state index in [9.17, 15) is 9.59 Å². The van der Waals surface area contributed by atoms with Crippen molar-refractivity contribution in [1.82, 2.24) is 9.55 Å². The highest BCUT2D eigenvalue weighted by molar-refractivity contribution is 6.03. The highest BCUT2D eigenvalue weighted by atomic mass is 16.5. The van der Waals surface area contributed by atoms with Crippen LogP contribution in [-0.2, 0) is 11.3 Å². The molecular weight excluding hydrogens is 436 g/mol. The Kier molecular flexibility index (Phi) is 8.78. The number of anilines is 1. The fourth-order valence-electron chi connectivity index (χ4n) is 3.62. The zero-order valence-corrected chi connectivity index (χ0v) is 19.8. The molecular formula is C24H32N6O4. The molecule has 0 radical (unpaired) electrons. The van der Waals surface area contributed by atoms with Gasteiger partial charge in [0.2, 0.25) is 11.9 Å². The molecule has 1 aliphatic heterocycles. The third kappa shape index (κ3) is 6.00. The summed E-state index contributed by atoms with van der Waals surface area (Å²) in [6.45, 7) is 8.02. The van der Waals surface area contributed by atoms with Crippen molar-refractivity contribution in [2.24, 2.45) is 15.7 Å². The number of hydrogen-bond acceptors (Lipinski definition) is 6. The van der Waals surface area contributed by atoms with Crippen LogP contribution in [-0.4, -0.2) is 41.3 Å². The Morgan fingerprint density at radius 2 is 1.88 bits per heavy atom. The fourth-order valence-corrected chi connectivity index (χ4v) is 3.62. The van der Waals surface area contributed by atoms with Crippen molar-refractivity contribution in [2.75, 3.05) is 18.5 Å². The van der Waals surface area contributed by atoms with Gasteiger partial charge < -0.3 is 15.2 Å². The number of hydrogen-bond donors (Lipinski definition) is 2. The minimum Gasteiger partial charge on any atom is -0.490 e. The third-order valence-corrected chi connectivity index (χ3v) is 5.54. The molecule has 0 aliphatic carbocycles. The maximum Gasteiger partial charge on any atom is 0.262 e. The Labute approximate surface area is 198 Å². The Balaban J connectivity index is 2.04. The fraction of sp³-hybridized carbons (Fsp3) is 0.458. The lowest BCUT2D eigenvalue weighted by Gasteiger charge is -2.18. The van der Waals surface area contributed by atoms with Crippen LogP contribution >= 0.6 is 0 Å². The largest absolute Gasteiger partial charge is 0.490 e. The van der Waals surface area contributed by atoms with Crippen molar-refractivity contribution in [3.8, 4) is 11.5 Å². The highest BCUT2D eigenvalue weighted by Crippen LogP contribution is 2.35. The first-order valence-corrected chi connectivity index (χ1v) is 11.6. The zero-order valence-electron chi connectivity index (χ0n) is 19.8. The molecule has 1 aliphatic rings. The average molecular weight is 469 g/mol. The lowest BCUT2D eigenvalue weighted by molar-refractivity contribution is -0.112. The molecule has 10 heteroatoms. The van der Waals surface area contributed by atoms with Gasteiger partial charge in [0.1, 0.15) is 5.52 Å². The van der Waals surface area contributed by atoms with Crippen LogP contribution < -0.4 is 26.1 Å². The molecule has 1 aromatic heterocycles. The van der Waals surface area contributed by atoms with E-state index in [1.54, 1.807) is 26.0 Å². The molecule has 0 unspecified atom stereocenters. The molecule has 34 heavy (non-hydrogen) atoms. The minimum absolute atomic E-state index is 0.0598. The topological polar surface area (TPSA) is 133 Å². The summed E-state index contributed by atoms with van der Waals surface area (Å²) < 4.78 is 13.5. The van der Waals surface area contributed by atoms with Gasteiger partial charge in [-0.3, -0.25) is 19.5 Å². The van der Waals surface area contributed by atoms with Crippen LogP contribution in [0.5, 0.6) is 11.5 Å². The standard InChI is InChI=1S/C24H32N6O4/c1-4-30-22(32)17-11-12-18-20(34-14-10-8-6-5-7-9-13-33-18)19(17)28-24(30)29-21(31)16(2)15-27-23(25)26-3/h11-12,15H,3-10,13-14H2,1-2H3,(H2,25,27)(H,28,29,31)/b16-15+. The smallest absolute Gasteiger partial charge is 0.262 e. The second kappa shape index (κ2) is 12.0. The van der Waals surface area contributed by atoms with Gasteiger partial charge in [-0.15, -0.1) is 0 Å². The maximum absolute atomic E-state index is 13.3. The van der Waals surface area contributed by atoms with Gasteiger partial charge in [0.15, 0.2) is 11.5 Å². The van der Waals surface area contributed by atoms with Crippen molar-refractivity contribution in [2.45, 2.75) is 58.9 Å². The number of rotatable bonds is 4. The second-order valence-corrected chi connectivity index (χ2v) is 8.00. The summed E-state index contributed by atoms with van der Waals surface area (Å²) in [5, 5.41) is 3.10. The van der Waals surface area contributed by atoms with Crippen LogP contribution in [0.25, 0.3) is 10.9 Å². The lowest BCUT2D eigenvalue weighted by atomic mass is 10.1. The molecule has 1 aromatic carbocycles. The number of carbonyl (C=O) groups is 1. The predicted octanol–water partition coefficient (Wildman–Crippen LogP) is 3.39. The number of amides is 1. The van der Waals surface area contributed by atoms with E-state index in [1.807, 2.05) is 0 Å². The summed E-state index contributed by atoms with van der Waals surface area (Å²) in [7, 11) is 0. The number of nitrogens with one attached hydrogen (secondary N) is 1. The molecule has 0 atom stereocenters. The molecule has 2 aromatic rings. The van der Waals surface area contributed by atoms with Gasteiger partial charge in [-0.2, -0.15) is 0 Å². The Hall–Kier alpha value is -3.69. The molecule has 0 fully saturated rings. The first-order valence-electron chi connectivity index (χ1n) is 11.6. The van der Waals surface area contributed by atoms with Gasteiger partial charge in [0.05, 0.1) is 18.6 Å². The first kappa shape index (κ1) is 24.9. The minimum atomic E-state index is -0.480. The summed E-state index contributed by atoms with van der Waals surface area (Å²) in [6, 6.07) is 3.45. The van der Waals surface area contributed by atoms with E-state index in [0.29, 0.717) is 42.2 Å². The van der Waals surface area contributed by atoms with Gasteiger partial charge in [-0.25, -0.2) is 15.0 Å². The number of ether oxygens (including phenoxy) is 2. The summed E-state index contributed by atoms with van der Waals surface area (Å²) in [6.07, 6.45) is 7.67. The molecule has 0 spiro atoms. The van der Waals surface area contributed by atoms with Crippen LogP contribution in [0.4, 0.5) is 5.95 Å². The van der Waals surface area contributed by atoms with Crippen molar-refractivity contribution < 1.29 is 14.3 Å². The molecule has 2 heterocycles. The van der Waals surface area contributed by atoms with E-state index in [0.717, 1.165) is 32.1 Å². The van der Waals surface area contributed by atoms with Crippen molar-refractivity contribution >= 4 is 35.4 Å². The van der Waals surface area contributed by atoms with Gasteiger partial charge in [0, 0.05) is 18.3 Å². The van der Waals surface area contributed by atoms with Gasteiger partial charge >= 0.3 is 0 Å². The molecule has 0 bridgehead atoms. The normalized spacial score (nSPS) is 15.8. The molecule has 3 N–H and O–H groups in total. The molecule has 182 valence electrons. The maximum atomic E-state index is 13.3. The summed E-state index contributed by atoms with van der Waals surface area (Å²) in [5.41, 5.74) is 5.83. The molecule has 1 amide bonds. The number of aromatic nitrogens is 2. The zero-order chi connectivity index (χ0) is 24.5. The number of benzene rings is 1.